The Kier molecular flexibility index (Phi) is 4.69. The molecule has 3 rings (SSSR count). The van der Waals surface area contributed by atoms with Crippen LogP contribution in [0.4, 0.5) is 0 Å². The van der Waals surface area contributed by atoms with Crippen LogP contribution in [0.3, 0.4) is 0 Å². The van der Waals surface area contributed by atoms with Crippen LogP contribution in [0.1, 0.15) is 18.4 Å². The van der Waals surface area contributed by atoms with Crippen LogP contribution in [0.25, 0.3) is 10.8 Å². The van der Waals surface area contributed by atoms with E-state index < -0.39 is 5.60 Å². The van der Waals surface area contributed by atoms with Crippen LogP contribution >= 0.6 is 11.8 Å². The third-order valence-electron chi connectivity index (χ3n) is 4.27. The molecule has 0 unspecified atom stereocenters. The fourth-order valence-corrected chi connectivity index (χ4v) is 4.13. The molecule has 0 saturated carbocycles. The van der Waals surface area contributed by atoms with Gasteiger partial charge in [0.2, 0.25) is 5.91 Å². The highest BCUT2D eigenvalue weighted by Gasteiger charge is 2.29. The summed E-state index contributed by atoms with van der Waals surface area (Å²) in [6.07, 6.45) is 1.87. The monoisotopic (exact) mass is 315 g/mol. The van der Waals surface area contributed by atoms with Crippen LogP contribution in [0.15, 0.2) is 42.5 Å². The number of rotatable bonds is 4. The molecule has 0 aliphatic carbocycles. The molecule has 116 valence electrons. The molecule has 2 aromatic rings. The van der Waals surface area contributed by atoms with Crippen molar-refractivity contribution in [3.8, 4) is 0 Å². The Hall–Kier alpha value is -1.52. The average molecular weight is 315 g/mol. The van der Waals surface area contributed by atoms with E-state index in [1.807, 2.05) is 42.1 Å². The molecule has 1 aliphatic heterocycles. The molecular weight excluding hydrogens is 294 g/mol. The number of benzene rings is 2. The van der Waals surface area contributed by atoms with Crippen LogP contribution in [0.2, 0.25) is 0 Å². The smallest absolute Gasteiger partial charge is 0.224 e. The van der Waals surface area contributed by atoms with E-state index in [0.717, 1.165) is 40.7 Å². The van der Waals surface area contributed by atoms with Gasteiger partial charge in [0.1, 0.15) is 0 Å². The van der Waals surface area contributed by atoms with Crippen LogP contribution in [-0.4, -0.2) is 34.7 Å². The first-order chi connectivity index (χ1) is 10.7. The van der Waals surface area contributed by atoms with Gasteiger partial charge in [-0.3, -0.25) is 4.79 Å². The van der Waals surface area contributed by atoms with Gasteiger partial charge in [0.05, 0.1) is 12.0 Å². The highest BCUT2D eigenvalue weighted by atomic mass is 32.2. The SMILES string of the molecule is O=C(Cc1cccc2ccccc12)NCC1(O)CCSCC1. The summed E-state index contributed by atoms with van der Waals surface area (Å²) in [5.74, 6) is 1.91. The summed E-state index contributed by atoms with van der Waals surface area (Å²) in [6.45, 7) is 0.358. The van der Waals surface area contributed by atoms with Gasteiger partial charge in [-0.2, -0.15) is 11.8 Å². The van der Waals surface area contributed by atoms with Crippen molar-refractivity contribution in [3.05, 3.63) is 48.0 Å². The fourth-order valence-electron chi connectivity index (χ4n) is 2.87. The highest BCUT2D eigenvalue weighted by molar-refractivity contribution is 7.99. The number of thioether (sulfide) groups is 1. The van der Waals surface area contributed by atoms with E-state index in [-0.39, 0.29) is 5.91 Å². The van der Waals surface area contributed by atoms with Crippen molar-refractivity contribution < 1.29 is 9.90 Å². The van der Waals surface area contributed by atoms with E-state index in [9.17, 15) is 9.90 Å². The summed E-state index contributed by atoms with van der Waals surface area (Å²) in [4.78, 5) is 12.2. The van der Waals surface area contributed by atoms with Crippen molar-refractivity contribution in [2.45, 2.75) is 24.9 Å². The van der Waals surface area contributed by atoms with E-state index in [4.69, 9.17) is 0 Å². The quantitative estimate of drug-likeness (QED) is 0.912. The number of hydrogen-bond donors (Lipinski definition) is 2. The highest BCUT2D eigenvalue weighted by Crippen LogP contribution is 2.26. The van der Waals surface area contributed by atoms with Crippen molar-refractivity contribution >= 4 is 28.4 Å². The lowest BCUT2D eigenvalue weighted by Crippen LogP contribution is -2.45. The second kappa shape index (κ2) is 6.71. The first-order valence-corrected chi connectivity index (χ1v) is 8.85. The van der Waals surface area contributed by atoms with E-state index in [0.29, 0.717) is 13.0 Å². The number of carbonyl (C=O) groups excluding carboxylic acids is 1. The van der Waals surface area contributed by atoms with E-state index in [1.54, 1.807) is 0 Å². The molecule has 0 atom stereocenters. The zero-order chi connectivity index (χ0) is 15.4. The molecule has 3 nitrogen and oxygen atoms in total. The average Bonchev–Trinajstić information content (AvgIpc) is 2.54. The minimum absolute atomic E-state index is 0.0250. The topological polar surface area (TPSA) is 49.3 Å². The van der Waals surface area contributed by atoms with Gasteiger partial charge in [-0.25, -0.2) is 0 Å². The van der Waals surface area contributed by atoms with Gasteiger partial charge in [-0.05, 0) is 40.7 Å². The number of aliphatic hydroxyl groups is 1. The summed E-state index contributed by atoms with van der Waals surface area (Å²) < 4.78 is 0. The second-order valence-corrected chi connectivity index (χ2v) is 7.15. The molecule has 0 radical (unpaired) electrons. The molecule has 0 bridgehead atoms. The lowest BCUT2D eigenvalue weighted by molar-refractivity contribution is -0.121. The Morgan fingerprint density at radius 2 is 1.86 bits per heavy atom. The number of carbonyl (C=O) groups is 1. The second-order valence-electron chi connectivity index (χ2n) is 5.93. The van der Waals surface area contributed by atoms with Crippen molar-refractivity contribution in [2.24, 2.45) is 0 Å². The molecule has 1 heterocycles. The minimum Gasteiger partial charge on any atom is -0.388 e. The van der Waals surface area contributed by atoms with Crippen molar-refractivity contribution in [1.82, 2.24) is 5.32 Å². The number of fused-ring (bicyclic) bond motifs is 1. The fraction of sp³-hybridized carbons (Fsp3) is 0.389. The molecule has 1 amide bonds. The lowest BCUT2D eigenvalue weighted by Gasteiger charge is -2.31. The molecule has 1 saturated heterocycles. The van der Waals surface area contributed by atoms with Gasteiger partial charge in [-0.1, -0.05) is 42.5 Å². The number of amides is 1. The van der Waals surface area contributed by atoms with Crippen molar-refractivity contribution in [1.29, 1.82) is 0 Å². The van der Waals surface area contributed by atoms with Gasteiger partial charge < -0.3 is 10.4 Å². The summed E-state index contributed by atoms with van der Waals surface area (Å²) in [7, 11) is 0. The standard InChI is InChI=1S/C18H21NO2S/c20-17(19-13-18(21)8-10-22-11-9-18)12-15-6-3-5-14-4-1-2-7-16(14)15/h1-7,21H,8-13H2,(H,19,20). The van der Waals surface area contributed by atoms with E-state index >= 15 is 0 Å². The maximum Gasteiger partial charge on any atom is 0.224 e. The number of hydrogen-bond acceptors (Lipinski definition) is 3. The van der Waals surface area contributed by atoms with Crippen LogP contribution in [-0.2, 0) is 11.2 Å². The lowest BCUT2D eigenvalue weighted by atomic mass is 9.96. The third-order valence-corrected chi connectivity index (χ3v) is 5.25. The van der Waals surface area contributed by atoms with E-state index in [1.165, 1.54) is 0 Å². The van der Waals surface area contributed by atoms with Crippen LogP contribution in [0, 0.1) is 0 Å². The first-order valence-electron chi connectivity index (χ1n) is 7.70. The van der Waals surface area contributed by atoms with Gasteiger partial charge in [0.15, 0.2) is 0 Å². The number of nitrogens with one attached hydrogen (secondary N) is 1. The molecular formula is C18H21NO2S. The van der Waals surface area contributed by atoms with Crippen molar-refractivity contribution in [2.75, 3.05) is 18.1 Å². The largest absolute Gasteiger partial charge is 0.388 e. The molecule has 0 spiro atoms. The molecule has 4 heteroatoms. The zero-order valence-electron chi connectivity index (χ0n) is 12.5. The minimum atomic E-state index is -0.723. The van der Waals surface area contributed by atoms with Gasteiger partial charge in [0, 0.05) is 6.54 Å². The molecule has 0 aromatic heterocycles. The predicted molar refractivity (Wildman–Crippen MR) is 92.2 cm³/mol. The van der Waals surface area contributed by atoms with Crippen LogP contribution in [0.5, 0.6) is 0 Å². The molecule has 1 fully saturated rings. The summed E-state index contributed by atoms with van der Waals surface area (Å²) >= 11 is 1.86. The van der Waals surface area contributed by atoms with Gasteiger partial charge >= 0.3 is 0 Å². The Balaban J connectivity index is 1.63. The van der Waals surface area contributed by atoms with Crippen molar-refractivity contribution in [3.63, 3.8) is 0 Å². The Morgan fingerprint density at radius 1 is 1.14 bits per heavy atom. The van der Waals surface area contributed by atoms with Gasteiger partial charge in [0.25, 0.3) is 0 Å². The maximum absolute atomic E-state index is 12.2. The maximum atomic E-state index is 12.2. The first kappa shape index (κ1) is 15.4. The summed E-state index contributed by atoms with van der Waals surface area (Å²) in [5, 5.41) is 15.6. The van der Waals surface area contributed by atoms with Crippen LogP contribution < -0.4 is 5.32 Å². The van der Waals surface area contributed by atoms with E-state index in [2.05, 4.69) is 17.4 Å². The summed E-state index contributed by atoms with van der Waals surface area (Å²) in [5.41, 5.74) is 0.307. The third kappa shape index (κ3) is 3.62. The zero-order valence-corrected chi connectivity index (χ0v) is 13.4. The Labute approximate surface area is 135 Å². The Morgan fingerprint density at radius 3 is 2.68 bits per heavy atom. The molecule has 1 aliphatic rings. The molecule has 22 heavy (non-hydrogen) atoms. The molecule has 2 aromatic carbocycles. The summed E-state index contributed by atoms with van der Waals surface area (Å²) in [6, 6.07) is 14.1. The van der Waals surface area contributed by atoms with Gasteiger partial charge in [-0.15, -0.1) is 0 Å². The molecule has 2 N–H and O–H groups in total. The normalized spacial score (nSPS) is 17.3. The Bertz CT molecular complexity index is 660. The predicted octanol–water partition coefficient (Wildman–Crippen LogP) is 2.76.